The van der Waals surface area contributed by atoms with Crippen molar-refractivity contribution in [2.75, 3.05) is 19.7 Å². The van der Waals surface area contributed by atoms with E-state index in [-0.39, 0.29) is 12.5 Å². The van der Waals surface area contributed by atoms with Crippen LogP contribution in [0.4, 0.5) is 0 Å². The van der Waals surface area contributed by atoms with Gasteiger partial charge >= 0.3 is 0 Å². The van der Waals surface area contributed by atoms with Crippen molar-refractivity contribution in [3.05, 3.63) is 29.8 Å². The Morgan fingerprint density at radius 2 is 1.95 bits per heavy atom. The van der Waals surface area contributed by atoms with E-state index < -0.39 is 0 Å². The summed E-state index contributed by atoms with van der Waals surface area (Å²) in [6.07, 6.45) is 3.38. The Hall–Kier alpha value is -1.55. The van der Waals surface area contributed by atoms with Gasteiger partial charge in [0.2, 0.25) is 0 Å². The largest absolute Gasteiger partial charge is 0.484 e. The van der Waals surface area contributed by atoms with Crippen molar-refractivity contribution >= 4 is 5.91 Å². The van der Waals surface area contributed by atoms with E-state index in [0.29, 0.717) is 12.0 Å². The second-order valence-electron chi connectivity index (χ2n) is 5.91. The predicted octanol–water partition coefficient (Wildman–Crippen LogP) is 2.56. The minimum atomic E-state index is 0.0849. The lowest BCUT2D eigenvalue weighted by atomic mass is 9.82. The van der Waals surface area contributed by atoms with E-state index >= 15 is 0 Å². The summed E-state index contributed by atoms with van der Waals surface area (Å²) in [5.41, 5.74) is 6.93. The van der Waals surface area contributed by atoms with Crippen molar-refractivity contribution in [2.24, 2.45) is 11.1 Å². The molecule has 0 radical (unpaired) electrons. The summed E-state index contributed by atoms with van der Waals surface area (Å²) in [6.45, 7) is 6.79. The minimum absolute atomic E-state index is 0.0849. The number of amides is 1. The molecule has 0 unspecified atom stereocenters. The van der Waals surface area contributed by atoms with Crippen molar-refractivity contribution in [3.8, 4) is 5.75 Å². The normalized spacial score (nSPS) is 17.0. The van der Waals surface area contributed by atoms with Crippen LogP contribution >= 0.6 is 0 Å². The van der Waals surface area contributed by atoms with Crippen LogP contribution < -0.4 is 10.5 Å². The average molecular weight is 290 g/mol. The van der Waals surface area contributed by atoms with E-state index in [1.807, 2.05) is 29.2 Å². The van der Waals surface area contributed by atoms with Gasteiger partial charge in [-0.05, 0) is 42.4 Å². The van der Waals surface area contributed by atoms with Crippen molar-refractivity contribution in [1.29, 1.82) is 0 Å². The molecule has 2 N–H and O–H groups in total. The summed E-state index contributed by atoms with van der Waals surface area (Å²) >= 11 is 0. The topological polar surface area (TPSA) is 55.6 Å². The fourth-order valence-corrected chi connectivity index (χ4v) is 2.93. The highest BCUT2D eigenvalue weighted by Crippen LogP contribution is 2.36. The smallest absolute Gasteiger partial charge is 0.260 e. The van der Waals surface area contributed by atoms with Crippen LogP contribution in [0.3, 0.4) is 0 Å². The molecule has 1 aromatic carbocycles. The molecule has 4 nitrogen and oxygen atoms in total. The summed E-state index contributed by atoms with van der Waals surface area (Å²) in [7, 11) is 0. The highest BCUT2D eigenvalue weighted by atomic mass is 16.5. The molecule has 116 valence electrons. The van der Waals surface area contributed by atoms with Gasteiger partial charge in [-0.3, -0.25) is 4.79 Å². The number of nitrogens with zero attached hydrogens (tertiary/aromatic N) is 1. The van der Waals surface area contributed by atoms with Crippen LogP contribution in [0.15, 0.2) is 24.3 Å². The van der Waals surface area contributed by atoms with E-state index in [1.165, 1.54) is 0 Å². The van der Waals surface area contributed by atoms with Gasteiger partial charge in [0.05, 0.1) is 0 Å². The maximum atomic E-state index is 12.2. The minimum Gasteiger partial charge on any atom is -0.484 e. The molecule has 0 atom stereocenters. The zero-order valence-electron chi connectivity index (χ0n) is 13.1. The van der Waals surface area contributed by atoms with Crippen LogP contribution in [0.1, 0.15) is 38.7 Å². The third kappa shape index (κ3) is 3.76. The number of benzene rings is 1. The molecule has 1 fully saturated rings. The number of ether oxygens (including phenoxy) is 1. The Morgan fingerprint density at radius 1 is 1.29 bits per heavy atom. The van der Waals surface area contributed by atoms with E-state index in [9.17, 15) is 4.79 Å². The Bertz CT molecular complexity index is 466. The summed E-state index contributed by atoms with van der Waals surface area (Å²) in [4.78, 5) is 14.2. The van der Waals surface area contributed by atoms with E-state index in [1.54, 1.807) is 0 Å². The molecule has 4 heteroatoms. The molecule has 0 bridgehead atoms. The van der Waals surface area contributed by atoms with Crippen molar-refractivity contribution in [3.63, 3.8) is 0 Å². The highest BCUT2D eigenvalue weighted by Gasteiger charge is 2.36. The Morgan fingerprint density at radius 3 is 2.48 bits per heavy atom. The molecule has 2 rings (SSSR count). The number of carbonyl (C=O) groups is 1. The SMILES string of the molecule is CCC1(CC)CCN(C(=O)COc2ccc(CN)cc2)C1. The van der Waals surface area contributed by atoms with Crippen LogP contribution in [-0.2, 0) is 11.3 Å². The third-order valence-electron chi connectivity index (χ3n) is 4.81. The molecule has 0 saturated carbocycles. The average Bonchev–Trinajstić information content (AvgIpc) is 2.98. The summed E-state index contributed by atoms with van der Waals surface area (Å²) in [5, 5.41) is 0. The lowest BCUT2D eigenvalue weighted by Crippen LogP contribution is -2.35. The van der Waals surface area contributed by atoms with Gasteiger partial charge in [-0.2, -0.15) is 0 Å². The maximum absolute atomic E-state index is 12.2. The number of rotatable bonds is 6. The standard InChI is InChI=1S/C17H26N2O2/c1-3-17(4-2)9-10-19(13-17)16(20)12-21-15-7-5-14(11-18)6-8-15/h5-8H,3-4,9-13,18H2,1-2H3. The van der Waals surface area contributed by atoms with Crippen molar-refractivity contribution < 1.29 is 9.53 Å². The molecule has 0 aliphatic carbocycles. The van der Waals surface area contributed by atoms with Crippen LogP contribution in [0.5, 0.6) is 5.75 Å². The van der Waals surface area contributed by atoms with E-state index in [2.05, 4.69) is 13.8 Å². The lowest BCUT2D eigenvalue weighted by Gasteiger charge is -2.26. The van der Waals surface area contributed by atoms with Gasteiger partial charge in [0, 0.05) is 19.6 Å². The second kappa shape index (κ2) is 6.94. The number of likely N-dealkylation sites (tertiary alicyclic amines) is 1. The highest BCUT2D eigenvalue weighted by molar-refractivity contribution is 5.78. The van der Waals surface area contributed by atoms with E-state index in [0.717, 1.165) is 43.7 Å². The first-order chi connectivity index (χ1) is 10.1. The molecule has 1 aliphatic heterocycles. The van der Waals surface area contributed by atoms with Gasteiger partial charge in [-0.25, -0.2) is 0 Å². The number of hydrogen-bond acceptors (Lipinski definition) is 3. The first-order valence-electron chi connectivity index (χ1n) is 7.82. The van der Waals surface area contributed by atoms with Crippen LogP contribution in [0.2, 0.25) is 0 Å². The molecule has 1 heterocycles. The fraction of sp³-hybridized carbons (Fsp3) is 0.588. The van der Waals surface area contributed by atoms with E-state index in [4.69, 9.17) is 10.5 Å². The van der Waals surface area contributed by atoms with Gasteiger partial charge in [-0.1, -0.05) is 26.0 Å². The molecule has 1 aromatic rings. The summed E-state index contributed by atoms with van der Waals surface area (Å²) in [5.74, 6) is 0.804. The first kappa shape index (κ1) is 15.8. The lowest BCUT2D eigenvalue weighted by molar-refractivity contribution is -0.132. The van der Waals surface area contributed by atoms with Crippen molar-refractivity contribution in [1.82, 2.24) is 4.90 Å². The Balaban J connectivity index is 1.85. The van der Waals surface area contributed by atoms with Gasteiger partial charge in [0.25, 0.3) is 5.91 Å². The second-order valence-corrected chi connectivity index (χ2v) is 5.91. The molecule has 1 saturated heterocycles. The van der Waals surface area contributed by atoms with Crippen LogP contribution in [0.25, 0.3) is 0 Å². The monoisotopic (exact) mass is 290 g/mol. The molecular weight excluding hydrogens is 264 g/mol. The summed E-state index contributed by atoms with van der Waals surface area (Å²) in [6, 6.07) is 7.58. The first-order valence-corrected chi connectivity index (χ1v) is 7.82. The molecule has 0 aromatic heterocycles. The van der Waals surface area contributed by atoms with Gasteiger partial charge in [0.15, 0.2) is 6.61 Å². The number of carbonyl (C=O) groups excluding carboxylic acids is 1. The quantitative estimate of drug-likeness (QED) is 0.876. The Kier molecular flexibility index (Phi) is 5.23. The molecule has 21 heavy (non-hydrogen) atoms. The Labute approximate surface area is 127 Å². The predicted molar refractivity (Wildman–Crippen MR) is 84.0 cm³/mol. The molecule has 1 amide bonds. The third-order valence-corrected chi connectivity index (χ3v) is 4.81. The van der Waals surface area contributed by atoms with Gasteiger partial charge < -0.3 is 15.4 Å². The van der Waals surface area contributed by atoms with Gasteiger partial charge in [-0.15, -0.1) is 0 Å². The van der Waals surface area contributed by atoms with Gasteiger partial charge in [0.1, 0.15) is 5.75 Å². The fourth-order valence-electron chi connectivity index (χ4n) is 2.93. The number of nitrogens with two attached hydrogens (primary N) is 1. The molecule has 1 aliphatic rings. The molecule has 0 spiro atoms. The molecular formula is C17H26N2O2. The number of hydrogen-bond donors (Lipinski definition) is 1. The zero-order chi connectivity index (χ0) is 15.3. The zero-order valence-corrected chi connectivity index (χ0v) is 13.1. The summed E-state index contributed by atoms with van der Waals surface area (Å²) < 4.78 is 5.58. The van der Waals surface area contributed by atoms with Crippen molar-refractivity contribution in [2.45, 2.75) is 39.7 Å². The van der Waals surface area contributed by atoms with Crippen LogP contribution in [-0.4, -0.2) is 30.5 Å². The maximum Gasteiger partial charge on any atom is 0.260 e. The van der Waals surface area contributed by atoms with Crippen LogP contribution in [0, 0.1) is 5.41 Å².